The first kappa shape index (κ1) is 32.9. The largest absolute Gasteiger partial charge is 0.361 e. The molecule has 1 aliphatic carbocycles. The molecule has 43 heavy (non-hydrogen) atoms. The second-order valence-corrected chi connectivity index (χ2v) is 10.4. The molecule has 1 N–H and O–H groups in total. The standard InChI is InChI=1S/C40H41N.C2H6/c1-6-15-33(16-7-2)36-25-26-41-40-22-14-13-21-39(40)38(24-23-30(3)27-35-20-12-11-17-31(35)4)32(5)28-37(29-36)34-18-9-8-10-19-34;1-2/h6-7,9,11-29,41H,1,8,10H2,2-5H3;1-2H3/b16-7-,24-23-,26-25+,30-27+,33-15+,36-29+,37-28+,38-32-;. The minimum atomic E-state index is 1.05. The average Bonchev–Trinajstić information content (AvgIpc) is 3.05. The number of nitrogens with one attached hydrogen (secondary N) is 1. The van der Waals surface area contributed by atoms with Crippen molar-refractivity contribution in [1.29, 1.82) is 0 Å². The molecular weight excluding hydrogens is 518 g/mol. The maximum Gasteiger partial charge on any atom is 0.0459 e. The molecule has 1 heteroatoms. The summed E-state index contributed by atoms with van der Waals surface area (Å²) in [6, 6.07) is 17.0. The summed E-state index contributed by atoms with van der Waals surface area (Å²) in [7, 11) is 0. The summed E-state index contributed by atoms with van der Waals surface area (Å²) >= 11 is 0. The van der Waals surface area contributed by atoms with Gasteiger partial charge in [0.05, 0.1) is 0 Å². The van der Waals surface area contributed by atoms with Crippen molar-refractivity contribution in [3.8, 4) is 0 Å². The Morgan fingerprint density at radius 3 is 2.37 bits per heavy atom. The summed E-state index contributed by atoms with van der Waals surface area (Å²) < 4.78 is 0. The monoisotopic (exact) mass is 565 g/mol. The first-order chi connectivity index (χ1) is 21.0. The Kier molecular flexibility index (Phi) is 13.3. The summed E-state index contributed by atoms with van der Waals surface area (Å²) in [6.45, 7) is 16.5. The van der Waals surface area contributed by atoms with Crippen molar-refractivity contribution >= 4 is 17.3 Å². The van der Waals surface area contributed by atoms with Gasteiger partial charge >= 0.3 is 0 Å². The summed E-state index contributed by atoms with van der Waals surface area (Å²) in [5.41, 5.74) is 13.0. The second-order valence-electron chi connectivity index (χ2n) is 10.4. The summed E-state index contributed by atoms with van der Waals surface area (Å²) in [4.78, 5) is 0. The summed E-state index contributed by atoms with van der Waals surface area (Å²) in [5, 5.41) is 3.58. The fourth-order valence-corrected chi connectivity index (χ4v) is 5.05. The zero-order valence-corrected chi connectivity index (χ0v) is 26.8. The van der Waals surface area contributed by atoms with Gasteiger partial charge in [-0.3, -0.25) is 0 Å². The molecule has 0 saturated carbocycles. The molecule has 0 amide bonds. The molecule has 0 atom stereocenters. The molecule has 1 aliphatic heterocycles. The van der Waals surface area contributed by atoms with Crippen molar-refractivity contribution in [2.45, 2.75) is 54.4 Å². The van der Waals surface area contributed by atoms with Crippen LogP contribution in [0.4, 0.5) is 5.69 Å². The van der Waals surface area contributed by atoms with Crippen LogP contribution in [0.15, 0.2) is 168 Å². The number of benzene rings is 2. The van der Waals surface area contributed by atoms with Crippen LogP contribution in [0.5, 0.6) is 0 Å². The Morgan fingerprint density at radius 1 is 0.884 bits per heavy atom. The highest BCUT2D eigenvalue weighted by molar-refractivity contribution is 5.86. The lowest BCUT2D eigenvalue weighted by Crippen LogP contribution is -1.95. The fraction of sp³-hybridized carbons (Fsp3) is 0.190. The van der Waals surface area contributed by atoms with E-state index in [9.17, 15) is 0 Å². The van der Waals surface area contributed by atoms with E-state index < -0.39 is 0 Å². The van der Waals surface area contributed by atoms with Crippen LogP contribution in [-0.2, 0) is 0 Å². The van der Waals surface area contributed by atoms with Gasteiger partial charge in [0.25, 0.3) is 0 Å². The van der Waals surface area contributed by atoms with Crippen LogP contribution in [0.2, 0.25) is 0 Å². The van der Waals surface area contributed by atoms with Crippen LogP contribution < -0.4 is 5.32 Å². The minimum absolute atomic E-state index is 1.05. The third kappa shape index (κ3) is 9.45. The van der Waals surface area contributed by atoms with E-state index in [0.717, 1.165) is 35.2 Å². The van der Waals surface area contributed by atoms with E-state index in [2.05, 4.69) is 154 Å². The Bertz CT molecular complexity index is 1580. The van der Waals surface area contributed by atoms with Crippen LogP contribution in [0, 0.1) is 6.92 Å². The van der Waals surface area contributed by atoms with Gasteiger partial charge in [-0.1, -0.05) is 135 Å². The van der Waals surface area contributed by atoms with Gasteiger partial charge < -0.3 is 5.32 Å². The van der Waals surface area contributed by atoms with Crippen molar-refractivity contribution in [1.82, 2.24) is 0 Å². The lowest BCUT2D eigenvalue weighted by Gasteiger charge is -2.14. The highest BCUT2D eigenvalue weighted by atomic mass is 14.8. The van der Waals surface area contributed by atoms with E-state index in [4.69, 9.17) is 0 Å². The normalized spacial score (nSPS) is 20.8. The summed E-state index contributed by atoms with van der Waals surface area (Å²) in [5.74, 6) is 0. The first-order valence-corrected chi connectivity index (χ1v) is 15.4. The second kappa shape index (κ2) is 17.4. The number of allylic oxidation sites excluding steroid dienone is 19. The predicted molar refractivity (Wildman–Crippen MR) is 193 cm³/mol. The SMILES string of the molecule is C=C/C=C(\C=C/C)C1=C/C(C2=CCCC=C2)=C\C(C)=C(\C=C/C(C)=C/c2ccccc2C)c2ccccc2N\C=C\1.CC. The fourth-order valence-electron chi connectivity index (χ4n) is 5.05. The molecule has 4 rings (SSSR count). The highest BCUT2D eigenvalue weighted by Gasteiger charge is 2.12. The van der Waals surface area contributed by atoms with Crippen LogP contribution in [0.25, 0.3) is 11.6 Å². The number of rotatable bonds is 7. The molecule has 0 unspecified atom stereocenters. The molecule has 1 heterocycles. The van der Waals surface area contributed by atoms with Gasteiger partial charge in [-0.15, -0.1) is 0 Å². The van der Waals surface area contributed by atoms with Crippen molar-refractivity contribution in [3.05, 3.63) is 184 Å². The van der Waals surface area contributed by atoms with E-state index in [1.807, 2.05) is 33.0 Å². The van der Waals surface area contributed by atoms with Crippen molar-refractivity contribution < 1.29 is 0 Å². The molecule has 0 spiro atoms. The Balaban J connectivity index is 0.00000248. The number of anilines is 1. The van der Waals surface area contributed by atoms with E-state index in [0.29, 0.717) is 0 Å². The van der Waals surface area contributed by atoms with E-state index in [1.54, 1.807) is 0 Å². The summed E-state index contributed by atoms with van der Waals surface area (Å²) in [6.07, 6.45) is 32.7. The van der Waals surface area contributed by atoms with Gasteiger partial charge in [0, 0.05) is 17.5 Å². The first-order valence-electron chi connectivity index (χ1n) is 15.4. The number of hydrogen-bond donors (Lipinski definition) is 1. The van der Waals surface area contributed by atoms with Gasteiger partial charge in [-0.25, -0.2) is 0 Å². The smallest absolute Gasteiger partial charge is 0.0459 e. The lowest BCUT2D eigenvalue weighted by molar-refractivity contribution is 1.02. The molecular formula is C42H47N. The molecule has 0 bridgehead atoms. The molecule has 0 radical (unpaired) electrons. The molecule has 220 valence electrons. The maximum atomic E-state index is 3.96. The molecule has 0 fully saturated rings. The van der Waals surface area contributed by atoms with Gasteiger partial charge in [0.2, 0.25) is 0 Å². The van der Waals surface area contributed by atoms with Crippen molar-refractivity contribution in [2.75, 3.05) is 5.32 Å². The molecule has 1 nitrogen and oxygen atoms in total. The van der Waals surface area contributed by atoms with E-state index in [-0.39, 0.29) is 0 Å². The molecule has 2 aromatic rings. The van der Waals surface area contributed by atoms with Gasteiger partial charge in [0.1, 0.15) is 0 Å². The third-order valence-electron chi connectivity index (χ3n) is 7.22. The highest BCUT2D eigenvalue weighted by Crippen LogP contribution is 2.32. The predicted octanol–water partition coefficient (Wildman–Crippen LogP) is 12.2. The van der Waals surface area contributed by atoms with Crippen LogP contribution in [-0.4, -0.2) is 0 Å². The Morgan fingerprint density at radius 2 is 1.65 bits per heavy atom. The number of hydrogen-bond acceptors (Lipinski definition) is 1. The molecule has 0 saturated heterocycles. The number of fused-ring (bicyclic) bond motifs is 1. The van der Waals surface area contributed by atoms with Crippen LogP contribution >= 0.6 is 0 Å². The van der Waals surface area contributed by atoms with Gasteiger partial charge in [-0.05, 0) is 103 Å². The zero-order valence-electron chi connectivity index (χ0n) is 26.8. The minimum Gasteiger partial charge on any atom is -0.361 e. The van der Waals surface area contributed by atoms with E-state index in [1.165, 1.54) is 39.0 Å². The third-order valence-corrected chi connectivity index (χ3v) is 7.22. The van der Waals surface area contributed by atoms with Gasteiger partial charge in [0.15, 0.2) is 0 Å². The van der Waals surface area contributed by atoms with Crippen molar-refractivity contribution in [3.63, 3.8) is 0 Å². The Hall–Kier alpha value is -4.62. The van der Waals surface area contributed by atoms with Gasteiger partial charge in [-0.2, -0.15) is 0 Å². The van der Waals surface area contributed by atoms with E-state index >= 15 is 0 Å². The maximum absolute atomic E-state index is 3.96. The number of para-hydroxylation sites is 1. The molecule has 2 aliphatic rings. The van der Waals surface area contributed by atoms with Crippen molar-refractivity contribution in [2.24, 2.45) is 0 Å². The molecule has 0 aromatic heterocycles. The average molecular weight is 566 g/mol. The zero-order chi connectivity index (χ0) is 31.0. The topological polar surface area (TPSA) is 12.0 Å². The number of aryl methyl sites for hydroxylation is 1. The lowest BCUT2D eigenvalue weighted by atomic mass is 9.91. The van der Waals surface area contributed by atoms with Crippen LogP contribution in [0.3, 0.4) is 0 Å². The molecule has 2 aromatic carbocycles. The quantitative estimate of drug-likeness (QED) is 0.329. The van der Waals surface area contributed by atoms with Crippen LogP contribution in [0.1, 0.15) is 64.2 Å². The Labute approximate surface area is 260 Å².